The predicted molar refractivity (Wildman–Crippen MR) is 75.6 cm³/mol. The van der Waals surface area contributed by atoms with Gasteiger partial charge in [-0.25, -0.2) is 0 Å². The number of carbonyl (C=O) groups excluding carboxylic acids is 1. The van der Waals surface area contributed by atoms with E-state index in [1.807, 2.05) is 6.07 Å². The Bertz CT molecular complexity index is 469. The summed E-state index contributed by atoms with van der Waals surface area (Å²) in [6, 6.07) is 6.33. The third-order valence-electron chi connectivity index (χ3n) is 3.54. The minimum absolute atomic E-state index is 0.0278. The molecule has 2 N–H and O–H groups in total. The lowest BCUT2D eigenvalue weighted by Gasteiger charge is -2.26. The monoisotopic (exact) mass is 262 g/mol. The lowest BCUT2D eigenvalue weighted by Crippen LogP contribution is -2.40. The van der Waals surface area contributed by atoms with Crippen LogP contribution in [0.15, 0.2) is 18.2 Å². The Morgan fingerprint density at radius 2 is 2.21 bits per heavy atom. The SMILES string of the molecule is CNCC(=O)NCC(C)(C)c1ccc2c(c1)CCO2. The Morgan fingerprint density at radius 1 is 1.42 bits per heavy atom. The summed E-state index contributed by atoms with van der Waals surface area (Å²) in [4.78, 5) is 11.5. The summed E-state index contributed by atoms with van der Waals surface area (Å²) in [6.45, 7) is 6.05. The molecular weight excluding hydrogens is 240 g/mol. The van der Waals surface area contributed by atoms with Gasteiger partial charge in [-0.3, -0.25) is 4.79 Å². The van der Waals surface area contributed by atoms with Crippen molar-refractivity contribution in [3.8, 4) is 5.75 Å². The van der Waals surface area contributed by atoms with Crippen LogP contribution in [-0.4, -0.2) is 32.7 Å². The van der Waals surface area contributed by atoms with Crippen molar-refractivity contribution >= 4 is 5.91 Å². The van der Waals surface area contributed by atoms with Gasteiger partial charge in [0.1, 0.15) is 5.75 Å². The molecule has 1 aliphatic heterocycles. The standard InChI is InChI=1S/C15H22N2O2/c1-15(2,10-17-14(18)9-16-3)12-4-5-13-11(8-12)6-7-19-13/h4-5,8,16H,6-7,9-10H2,1-3H3,(H,17,18). The number of likely N-dealkylation sites (N-methyl/N-ethyl adjacent to an activating group) is 1. The molecule has 0 saturated carbocycles. The van der Waals surface area contributed by atoms with Crippen LogP contribution in [0.2, 0.25) is 0 Å². The number of hydrogen-bond acceptors (Lipinski definition) is 3. The summed E-state index contributed by atoms with van der Waals surface area (Å²) in [6.07, 6.45) is 0.978. The number of carbonyl (C=O) groups is 1. The second-order valence-corrected chi connectivity index (χ2v) is 5.61. The molecule has 0 fully saturated rings. The van der Waals surface area contributed by atoms with E-state index in [4.69, 9.17) is 4.74 Å². The molecule has 4 heteroatoms. The van der Waals surface area contributed by atoms with E-state index in [2.05, 4.69) is 36.6 Å². The van der Waals surface area contributed by atoms with E-state index in [0.717, 1.165) is 18.8 Å². The summed E-state index contributed by atoms with van der Waals surface area (Å²) in [5.74, 6) is 1.03. The molecule has 0 atom stereocenters. The van der Waals surface area contributed by atoms with Crippen LogP contribution in [0.25, 0.3) is 0 Å². The summed E-state index contributed by atoms with van der Waals surface area (Å²) in [5.41, 5.74) is 2.43. The first-order chi connectivity index (χ1) is 9.03. The van der Waals surface area contributed by atoms with E-state index in [1.165, 1.54) is 11.1 Å². The number of rotatable bonds is 5. The molecule has 1 heterocycles. The predicted octanol–water partition coefficient (Wildman–Crippen LogP) is 1.23. The van der Waals surface area contributed by atoms with E-state index in [9.17, 15) is 4.79 Å². The van der Waals surface area contributed by atoms with Gasteiger partial charge in [-0.2, -0.15) is 0 Å². The van der Waals surface area contributed by atoms with Crippen LogP contribution in [0, 0.1) is 0 Å². The largest absolute Gasteiger partial charge is 0.493 e. The van der Waals surface area contributed by atoms with Crippen molar-refractivity contribution in [2.45, 2.75) is 25.7 Å². The fourth-order valence-electron chi connectivity index (χ4n) is 2.25. The molecule has 0 aromatic heterocycles. The lowest BCUT2D eigenvalue weighted by atomic mass is 9.83. The number of nitrogens with one attached hydrogen (secondary N) is 2. The van der Waals surface area contributed by atoms with Gasteiger partial charge in [0.05, 0.1) is 13.2 Å². The van der Waals surface area contributed by atoms with Crippen molar-refractivity contribution in [1.29, 1.82) is 0 Å². The molecule has 0 saturated heterocycles. The zero-order valence-corrected chi connectivity index (χ0v) is 11.9. The van der Waals surface area contributed by atoms with E-state index in [0.29, 0.717) is 13.1 Å². The topological polar surface area (TPSA) is 50.4 Å². The molecule has 0 aliphatic carbocycles. The van der Waals surface area contributed by atoms with Crippen molar-refractivity contribution in [2.75, 3.05) is 26.7 Å². The zero-order valence-electron chi connectivity index (χ0n) is 11.9. The normalized spacial score (nSPS) is 13.8. The Balaban J connectivity index is 2.04. The van der Waals surface area contributed by atoms with E-state index in [-0.39, 0.29) is 11.3 Å². The van der Waals surface area contributed by atoms with Crippen molar-refractivity contribution in [1.82, 2.24) is 10.6 Å². The molecule has 0 unspecified atom stereocenters. The Morgan fingerprint density at radius 3 is 2.95 bits per heavy atom. The highest BCUT2D eigenvalue weighted by atomic mass is 16.5. The fourth-order valence-corrected chi connectivity index (χ4v) is 2.25. The van der Waals surface area contributed by atoms with E-state index in [1.54, 1.807) is 7.05 Å². The van der Waals surface area contributed by atoms with Crippen LogP contribution in [-0.2, 0) is 16.6 Å². The van der Waals surface area contributed by atoms with Crippen LogP contribution in [0.5, 0.6) is 5.75 Å². The van der Waals surface area contributed by atoms with Crippen LogP contribution in [0.3, 0.4) is 0 Å². The van der Waals surface area contributed by atoms with Gasteiger partial charge in [-0.1, -0.05) is 26.0 Å². The smallest absolute Gasteiger partial charge is 0.233 e. The molecule has 1 amide bonds. The number of amides is 1. The van der Waals surface area contributed by atoms with Crippen LogP contribution in [0.4, 0.5) is 0 Å². The van der Waals surface area contributed by atoms with Crippen molar-refractivity contribution in [3.05, 3.63) is 29.3 Å². The van der Waals surface area contributed by atoms with Gasteiger partial charge >= 0.3 is 0 Å². The molecule has 1 aromatic rings. The first kappa shape index (κ1) is 13.9. The van der Waals surface area contributed by atoms with Gasteiger partial charge in [-0.05, 0) is 24.2 Å². The van der Waals surface area contributed by atoms with Crippen LogP contribution < -0.4 is 15.4 Å². The molecule has 104 valence electrons. The Hall–Kier alpha value is -1.55. The molecular formula is C15H22N2O2. The molecule has 19 heavy (non-hydrogen) atoms. The Kier molecular flexibility index (Phi) is 4.10. The highest BCUT2D eigenvalue weighted by Crippen LogP contribution is 2.31. The van der Waals surface area contributed by atoms with Crippen LogP contribution in [0.1, 0.15) is 25.0 Å². The fraction of sp³-hybridized carbons (Fsp3) is 0.533. The first-order valence-corrected chi connectivity index (χ1v) is 6.70. The maximum atomic E-state index is 11.5. The van der Waals surface area contributed by atoms with Crippen molar-refractivity contribution in [2.24, 2.45) is 0 Å². The molecule has 0 spiro atoms. The number of ether oxygens (including phenoxy) is 1. The average Bonchev–Trinajstić information content (AvgIpc) is 2.84. The van der Waals surface area contributed by atoms with E-state index >= 15 is 0 Å². The second kappa shape index (κ2) is 5.61. The van der Waals surface area contributed by atoms with Gasteiger partial charge in [0.2, 0.25) is 5.91 Å². The number of hydrogen-bond donors (Lipinski definition) is 2. The zero-order chi connectivity index (χ0) is 13.9. The minimum Gasteiger partial charge on any atom is -0.493 e. The molecule has 0 bridgehead atoms. The first-order valence-electron chi connectivity index (χ1n) is 6.70. The van der Waals surface area contributed by atoms with Crippen molar-refractivity contribution in [3.63, 3.8) is 0 Å². The summed E-state index contributed by atoms with van der Waals surface area (Å²) >= 11 is 0. The van der Waals surface area contributed by atoms with Gasteiger partial charge in [0, 0.05) is 18.4 Å². The highest BCUT2D eigenvalue weighted by Gasteiger charge is 2.23. The summed E-state index contributed by atoms with van der Waals surface area (Å²) < 4.78 is 5.52. The maximum Gasteiger partial charge on any atom is 0.233 e. The van der Waals surface area contributed by atoms with Gasteiger partial charge in [0.25, 0.3) is 0 Å². The minimum atomic E-state index is -0.0823. The van der Waals surface area contributed by atoms with E-state index < -0.39 is 0 Å². The second-order valence-electron chi connectivity index (χ2n) is 5.61. The average molecular weight is 262 g/mol. The molecule has 0 radical (unpaired) electrons. The molecule has 1 aromatic carbocycles. The van der Waals surface area contributed by atoms with Crippen LogP contribution >= 0.6 is 0 Å². The third-order valence-corrected chi connectivity index (χ3v) is 3.54. The van der Waals surface area contributed by atoms with Gasteiger partial charge in [0.15, 0.2) is 0 Å². The van der Waals surface area contributed by atoms with Crippen molar-refractivity contribution < 1.29 is 9.53 Å². The highest BCUT2D eigenvalue weighted by molar-refractivity contribution is 5.78. The summed E-state index contributed by atoms with van der Waals surface area (Å²) in [7, 11) is 1.77. The third kappa shape index (κ3) is 3.26. The summed E-state index contributed by atoms with van der Waals surface area (Å²) in [5, 5.41) is 5.81. The Labute approximate surface area is 114 Å². The van der Waals surface area contributed by atoms with Gasteiger partial charge in [-0.15, -0.1) is 0 Å². The molecule has 4 nitrogen and oxygen atoms in total. The molecule has 1 aliphatic rings. The quantitative estimate of drug-likeness (QED) is 0.839. The molecule has 2 rings (SSSR count). The van der Waals surface area contributed by atoms with Gasteiger partial charge < -0.3 is 15.4 Å². The number of fused-ring (bicyclic) bond motifs is 1. The lowest BCUT2D eigenvalue weighted by molar-refractivity contribution is -0.120. The maximum absolute atomic E-state index is 11.5. The number of benzene rings is 1.